The molecular formula is C19H20N4O3S. The number of ether oxygens (including phenoxy) is 2. The topological polar surface area (TPSA) is 79.1 Å². The average molecular weight is 384 g/mol. The zero-order valence-electron chi connectivity index (χ0n) is 15.5. The summed E-state index contributed by atoms with van der Waals surface area (Å²) in [6, 6.07) is 12.8. The molecule has 3 aromatic rings. The average Bonchev–Trinajstić information content (AvgIpc) is 3.15. The highest BCUT2D eigenvalue weighted by Gasteiger charge is 2.21. The summed E-state index contributed by atoms with van der Waals surface area (Å²) in [6.45, 7) is 3.82. The minimum atomic E-state index is -0.362. The molecule has 0 aliphatic carbocycles. The highest BCUT2D eigenvalue weighted by Crippen LogP contribution is 2.30. The van der Waals surface area contributed by atoms with Gasteiger partial charge in [-0.2, -0.15) is 4.68 Å². The lowest BCUT2D eigenvalue weighted by Crippen LogP contribution is -2.15. The summed E-state index contributed by atoms with van der Waals surface area (Å²) < 4.78 is 12.1. The molecule has 140 valence electrons. The number of hydrogen-bond donors (Lipinski definition) is 0. The number of carbonyl (C=O) groups excluding carboxylic acids is 1. The van der Waals surface area contributed by atoms with E-state index in [1.807, 2.05) is 32.0 Å². The Kier molecular flexibility index (Phi) is 5.75. The van der Waals surface area contributed by atoms with Crippen molar-refractivity contribution in [1.82, 2.24) is 20.2 Å². The Morgan fingerprint density at radius 2 is 1.85 bits per heavy atom. The van der Waals surface area contributed by atoms with Crippen molar-refractivity contribution >= 4 is 17.5 Å². The van der Waals surface area contributed by atoms with Crippen molar-refractivity contribution in [2.45, 2.75) is 24.3 Å². The lowest BCUT2D eigenvalue weighted by molar-refractivity contribution is 0.0994. The van der Waals surface area contributed by atoms with Crippen molar-refractivity contribution in [3.63, 3.8) is 0 Å². The largest absolute Gasteiger partial charge is 0.497 e. The van der Waals surface area contributed by atoms with E-state index in [4.69, 9.17) is 9.47 Å². The second kappa shape index (κ2) is 8.22. The van der Waals surface area contributed by atoms with Crippen LogP contribution in [0.25, 0.3) is 5.69 Å². The van der Waals surface area contributed by atoms with Crippen LogP contribution in [0.2, 0.25) is 0 Å². The molecule has 0 N–H and O–H groups in total. The van der Waals surface area contributed by atoms with E-state index in [9.17, 15) is 4.79 Å². The minimum Gasteiger partial charge on any atom is -0.497 e. The first-order chi connectivity index (χ1) is 13.0. The van der Waals surface area contributed by atoms with Gasteiger partial charge < -0.3 is 9.47 Å². The maximum Gasteiger partial charge on any atom is 0.214 e. The zero-order chi connectivity index (χ0) is 19.4. The number of aromatic nitrogens is 4. The van der Waals surface area contributed by atoms with Gasteiger partial charge in [0.15, 0.2) is 5.78 Å². The van der Waals surface area contributed by atoms with Gasteiger partial charge in [0.2, 0.25) is 5.16 Å². The van der Waals surface area contributed by atoms with Crippen molar-refractivity contribution in [1.29, 1.82) is 0 Å². The highest BCUT2D eigenvalue weighted by molar-refractivity contribution is 8.00. The van der Waals surface area contributed by atoms with Gasteiger partial charge in [-0.25, -0.2) is 0 Å². The number of tetrazole rings is 1. The summed E-state index contributed by atoms with van der Waals surface area (Å²) in [5.41, 5.74) is 2.40. The third kappa shape index (κ3) is 4.11. The molecule has 0 fully saturated rings. The molecule has 3 rings (SSSR count). The van der Waals surface area contributed by atoms with Crippen LogP contribution in [0.4, 0.5) is 0 Å². The highest BCUT2D eigenvalue weighted by atomic mass is 32.2. The first-order valence-electron chi connectivity index (χ1n) is 8.31. The summed E-state index contributed by atoms with van der Waals surface area (Å²) in [5, 5.41) is 12.1. The van der Waals surface area contributed by atoms with Crippen LogP contribution in [0.1, 0.15) is 22.8 Å². The van der Waals surface area contributed by atoms with E-state index in [0.29, 0.717) is 22.2 Å². The summed E-state index contributed by atoms with van der Waals surface area (Å²) in [5.74, 6) is 1.36. The van der Waals surface area contributed by atoms with Crippen LogP contribution < -0.4 is 9.47 Å². The molecule has 0 aliphatic heterocycles. The normalized spacial score (nSPS) is 11.9. The van der Waals surface area contributed by atoms with Crippen LogP contribution >= 0.6 is 11.8 Å². The molecule has 1 aromatic heterocycles. The van der Waals surface area contributed by atoms with Crippen molar-refractivity contribution in [3.8, 4) is 17.2 Å². The molecule has 0 saturated heterocycles. The standard InChI is InChI=1S/C19H20N4O3S/c1-12-5-10-17(26-4)16(11-12)23-19(20-21-22-23)27-13(2)18(24)14-6-8-15(25-3)9-7-14/h5-11,13H,1-4H3. The van der Waals surface area contributed by atoms with Crippen LogP contribution in [0.3, 0.4) is 0 Å². The monoisotopic (exact) mass is 384 g/mol. The summed E-state index contributed by atoms with van der Waals surface area (Å²) in [7, 11) is 3.19. The number of hydrogen-bond acceptors (Lipinski definition) is 7. The van der Waals surface area contributed by atoms with Gasteiger partial charge in [-0.3, -0.25) is 4.79 Å². The summed E-state index contributed by atoms with van der Waals surface area (Å²) in [6.07, 6.45) is 0. The van der Waals surface area contributed by atoms with Gasteiger partial charge in [-0.05, 0) is 66.2 Å². The van der Waals surface area contributed by atoms with Crippen molar-refractivity contribution in [3.05, 3.63) is 53.6 Å². The van der Waals surface area contributed by atoms with E-state index in [-0.39, 0.29) is 11.0 Å². The van der Waals surface area contributed by atoms with Crippen molar-refractivity contribution in [2.24, 2.45) is 0 Å². The first-order valence-corrected chi connectivity index (χ1v) is 9.19. The Balaban J connectivity index is 1.84. The van der Waals surface area contributed by atoms with Crippen LogP contribution in [0.15, 0.2) is 47.6 Å². The maximum absolute atomic E-state index is 12.7. The maximum atomic E-state index is 12.7. The lowest BCUT2D eigenvalue weighted by Gasteiger charge is -2.13. The molecule has 0 aliphatic rings. The third-order valence-corrected chi connectivity index (χ3v) is 5.06. The summed E-state index contributed by atoms with van der Waals surface area (Å²) >= 11 is 1.30. The Morgan fingerprint density at radius 1 is 1.11 bits per heavy atom. The molecule has 0 radical (unpaired) electrons. The fraction of sp³-hybridized carbons (Fsp3) is 0.263. The number of thioether (sulfide) groups is 1. The molecular weight excluding hydrogens is 364 g/mol. The van der Waals surface area contributed by atoms with Gasteiger partial charge in [-0.15, -0.1) is 5.10 Å². The van der Waals surface area contributed by atoms with Crippen LogP contribution in [0.5, 0.6) is 11.5 Å². The van der Waals surface area contributed by atoms with E-state index < -0.39 is 0 Å². The van der Waals surface area contributed by atoms with E-state index in [1.54, 1.807) is 43.2 Å². The van der Waals surface area contributed by atoms with Gasteiger partial charge in [0.1, 0.15) is 17.2 Å². The van der Waals surface area contributed by atoms with Gasteiger partial charge in [0.25, 0.3) is 0 Å². The number of methoxy groups -OCH3 is 2. The second-order valence-electron chi connectivity index (χ2n) is 5.90. The van der Waals surface area contributed by atoms with Gasteiger partial charge in [0, 0.05) is 5.56 Å². The fourth-order valence-corrected chi connectivity index (χ4v) is 3.45. The van der Waals surface area contributed by atoms with Gasteiger partial charge in [-0.1, -0.05) is 17.8 Å². The Bertz CT molecular complexity index is 940. The van der Waals surface area contributed by atoms with E-state index in [2.05, 4.69) is 15.5 Å². The molecule has 1 heterocycles. The van der Waals surface area contributed by atoms with Crippen molar-refractivity contribution < 1.29 is 14.3 Å². The third-order valence-electron chi connectivity index (χ3n) is 4.03. The molecule has 1 atom stereocenters. The second-order valence-corrected chi connectivity index (χ2v) is 7.21. The number of benzene rings is 2. The molecule has 0 bridgehead atoms. The number of aryl methyl sites for hydroxylation is 1. The smallest absolute Gasteiger partial charge is 0.214 e. The number of rotatable bonds is 7. The predicted octanol–water partition coefficient (Wildman–Crippen LogP) is 3.35. The Labute approximate surface area is 161 Å². The SMILES string of the molecule is COc1ccc(C(=O)C(C)Sc2nnnn2-c2cc(C)ccc2OC)cc1. The van der Waals surface area contributed by atoms with Crippen molar-refractivity contribution in [2.75, 3.05) is 14.2 Å². The van der Waals surface area contributed by atoms with Crippen LogP contribution in [-0.4, -0.2) is 45.5 Å². The van der Waals surface area contributed by atoms with Gasteiger partial charge in [0.05, 0.1) is 19.5 Å². The fourth-order valence-electron chi connectivity index (χ4n) is 2.57. The van der Waals surface area contributed by atoms with E-state index in [0.717, 1.165) is 11.3 Å². The Hall–Kier alpha value is -2.87. The molecule has 1 unspecified atom stereocenters. The number of ketones is 1. The van der Waals surface area contributed by atoms with E-state index in [1.165, 1.54) is 11.8 Å². The lowest BCUT2D eigenvalue weighted by atomic mass is 10.1. The molecule has 0 spiro atoms. The molecule has 0 amide bonds. The molecule has 2 aromatic carbocycles. The zero-order valence-corrected chi connectivity index (χ0v) is 16.4. The first kappa shape index (κ1) is 18.9. The van der Waals surface area contributed by atoms with E-state index >= 15 is 0 Å². The number of nitrogens with zero attached hydrogens (tertiary/aromatic N) is 4. The minimum absolute atomic E-state index is 0.00610. The molecule has 7 nitrogen and oxygen atoms in total. The van der Waals surface area contributed by atoms with Crippen LogP contribution in [-0.2, 0) is 0 Å². The number of Topliss-reactive ketones (excluding diaryl/α,β-unsaturated/α-hetero) is 1. The molecule has 27 heavy (non-hydrogen) atoms. The van der Waals surface area contributed by atoms with Gasteiger partial charge >= 0.3 is 0 Å². The molecule has 0 saturated carbocycles. The van der Waals surface area contributed by atoms with Crippen LogP contribution in [0, 0.1) is 6.92 Å². The number of carbonyl (C=O) groups is 1. The summed E-state index contributed by atoms with van der Waals surface area (Å²) in [4.78, 5) is 12.7. The quantitative estimate of drug-likeness (QED) is 0.456. The predicted molar refractivity (Wildman–Crippen MR) is 103 cm³/mol. The molecule has 8 heteroatoms. The Morgan fingerprint density at radius 3 is 2.52 bits per heavy atom.